The molecule has 3 heteroatoms. The summed E-state index contributed by atoms with van der Waals surface area (Å²) in [5.41, 5.74) is 2.76. The second-order valence-electron chi connectivity index (χ2n) is 9.70. The van der Waals surface area contributed by atoms with Crippen LogP contribution in [-0.2, 0) is 6.42 Å². The van der Waals surface area contributed by atoms with Crippen LogP contribution in [-0.4, -0.2) is 27.4 Å². The number of aliphatic hydroxyl groups is 2. The van der Waals surface area contributed by atoms with Crippen LogP contribution in [0.3, 0.4) is 0 Å². The predicted molar refractivity (Wildman–Crippen MR) is 124 cm³/mol. The number of allylic oxidation sites excluding steroid dienone is 2. The third-order valence-corrected chi connectivity index (χ3v) is 7.11. The van der Waals surface area contributed by atoms with Gasteiger partial charge in [0, 0.05) is 17.8 Å². The first-order valence-electron chi connectivity index (χ1n) is 12.2. The predicted octanol–water partition coefficient (Wildman–Crippen LogP) is 5.87. The Labute approximate surface area is 183 Å². The zero-order valence-corrected chi connectivity index (χ0v) is 18.9. The zero-order valence-electron chi connectivity index (χ0n) is 18.9. The molecule has 2 N–H and O–H groups in total. The molecule has 2 aliphatic rings. The molecule has 166 valence electrons. The molecule has 0 aliphatic heterocycles. The van der Waals surface area contributed by atoms with Crippen molar-refractivity contribution in [1.29, 1.82) is 0 Å². The fourth-order valence-electron chi connectivity index (χ4n) is 5.41. The molecule has 30 heavy (non-hydrogen) atoms. The average molecular weight is 412 g/mol. The Kier molecular flexibility index (Phi) is 9.14. The normalized spacial score (nSPS) is 27.9. The van der Waals surface area contributed by atoms with Crippen molar-refractivity contribution in [2.45, 2.75) is 90.3 Å². The maximum atomic E-state index is 10.6. The van der Waals surface area contributed by atoms with Gasteiger partial charge in [-0.15, -0.1) is 0 Å². The van der Waals surface area contributed by atoms with E-state index in [1.807, 2.05) is 18.3 Å². The third-order valence-electron chi connectivity index (χ3n) is 7.11. The first-order valence-corrected chi connectivity index (χ1v) is 12.2. The van der Waals surface area contributed by atoms with E-state index in [-0.39, 0.29) is 18.1 Å². The van der Waals surface area contributed by atoms with Gasteiger partial charge in [0.25, 0.3) is 0 Å². The Morgan fingerprint density at radius 1 is 1.20 bits per heavy atom. The molecule has 0 bridgehead atoms. The van der Waals surface area contributed by atoms with Crippen LogP contribution in [0.2, 0.25) is 0 Å². The van der Waals surface area contributed by atoms with E-state index in [1.165, 1.54) is 44.2 Å². The number of aryl methyl sites for hydroxylation is 1. The molecular formula is C27H41NO2. The summed E-state index contributed by atoms with van der Waals surface area (Å²) in [4.78, 5) is 4.41. The van der Waals surface area contributed by atoms with E-state index >= 15 is 0 Å². The lowest BCUT2D eigenvalue weighted by molar-refractivity contribution is 0.139. The molecule has 6 atom stereocenters. The first kappa shape index (κ1) is 23.2. The number of rotatable bonds is 12. The quantitative estimate of drug-likeness (QED) is 0.334. The van der Waals surface area contributed by atoms with Gasteiger partial charge in [0.15, 0.2) is 0 Å². The lowest BCUT2D eigenvalue weighted by Crippen LogP contribution is -2.18. The largest absolute Gasteiger partial charge is 0.392 e. The number of nitrogens with zero attached hydrogens (tertiary/aromatic N) is 1. The first-order chi connectivity index (χ1) is 14.6. The third kappa shape index (κ3) is 6.78. The molecule has 1 saturated carbocycles. The highest BCUT2D eigenvalue weighted by atomic mass is 16.3. The van der Waals surface area contributed by atoms with E-state index in [0.717, 1.165) is 25.7 Å². The van der Waals surface area contributed by atoms with Crippen LogP contribution in [0.5, 0.6) is 0 Å². The molecule has 0 radical (unpaired) electrons. The monoisotopic (exact) mass is 411 g/mol. The SMILES string of the molecule is CCCC[C@H](C)C[C@H](O)C=C[C@@H]1[C@H]2CC(CCCCc3ccccn3)=C[C@H]2C[C@H]1O. The van der Waals surface area contributed by atoms with Crippen LogP contribution in [0.1, 0.15) is 77.3 Å². The second-order valence-corrected chi connectivity index (χ2v) is 9.70. The average Bonchev–Trinajstić information content (AvgIpc) is 3.25. The minimum atomic E-state index is -0.386. The van der Waals surface area contributed by atoms with Crippen molar-refractivity contribution in [3.05, 3.63) is 53.9 Å². The molecule has 1 fully saturated rings. The van der Waals surface area contributed by atoms with Crippen molar-refractivity contribution in [3.63, 3.8) is 0 Å². The highest BCUT2D eigenvalue weighted by Gasteiger charge is 2.43. The van der Waals surface area contributed by atoms with Gasteiger partial charge in [0.05, 0.1) is 12.2 Å². The van der Waals surface area contributed by atoms with E-state index in [2.05, 4.69) is 43.1 Å². The number of fused-ring (bicyclic) bond motifs is 1. The van der Waals surface area contributed by atoms with E-state index in [9.17, 15) is 10.2 Å². The van der Waals surface area contributed by atoms with Crippen LogP contribution in [0.4, 0.5) is 0 Å². The molecule has 1 heterocycles. The second kappa shape index (κ2) is 11.8. The van der Waals surface area contributed by atoms with Crippen LogP contribution in [0, 0.1) is 23.7 Å². The summed E-state index contributed by atoms with van der Waals surface area (Å²) in [5, 5.41) is 21.0. The lowest BCUT2D eigenvalue weighted by Gasteiger charge is -2.19. The highest BCUT2D eigenvalue weighted by molar-refractivity contribution is 5.21. The summed E-state index contributed by atoms with van der Waals surface area (Å²) in [6, 6.07) is 6.14. The molecule has 0 saturated heterocycles. The fourth-order valence-corrected chi connectivity index (χ4v) is 5.41. The maximum absolute atomic E-state index is 10.6. The maximum Gasteiger partial charge on any atom is 0.0723 e. The number of aromatic nitrogens is 1. The molecule has 2 aliphatic carbocycles. The number of hydrogen-bond donors (Lipinski definition) is 2. The van der Waals surface area contributed by atoms with Crippen molar-refractivity contribution < 1.29 is 10.2 Å². The van der Waals surface area contributed by atoms with E-state index in [0.29, 0.717) is 17.8 Å². The molecule has 0 spiro atoms. The summed E-state index contributed by atoms with van der Waals surface area (Å²) in [7, 11) is 0. The van der Waals surface area contributed by atoms with Crippen LogP contribution < -0.4 is 0 Å². The van der Waals surface area contributed by atoms with Gasteiger partial charge in [-0.05, 0) is 74.8 Å². The van der Waals surface area contributed by atoms with E-state index in [4.69, 9.17) is 0 Å². The van der Waals surface area contributed by atoms with Crippen molar-refractivity contribution in [2.24, 2.45) is 23.7 Å². The van der Waals surface area contributed by atoms with Gasteiger partial charge in [0.1, 0.15) is 0 Å². The van der Waals surface area contributed by atoms with Crippen LogP contribution in [0.15, 0.2) is 48.2 Å². The number of pyridine rings is 1. The Balaban J connectivity index is 1.42. The zero-order chi connectivity index (χ0) is 21.3. The van der Waals surface area contributed by atoms with Gasteiger partial charge in [-0.1, -0.05) is 63.0 Å². The van der Waals surface area contributed by atoms with E-state index in [1.54, 1.807) is 5.57 Å². The molecule has 0 unspecified atom stereocenters. The molecule has 0 amide bonds. The van der Waals surface area contributed by atoms with Crippen molar-refractivity contribution in [1.82, 2.24) is 4.98 Å². The molecule has 0 aromatic carbocycles. The van der Waals surface area contributed by atoms with Crippen LogP contribution in [0.25, 0.3) is 0 Å². The number of aliphatic hydroxyl groups excluding tert-OH is 2. The van der Waals surface area contributed by atoms with Gasteiger partial charge in [-0.3, -0.25) is 4.98 Å². The molecule has 1 aromatic heterocycles. The van der Waals surface area contributed by atoms with Gasteiger partial charge in [-0.25, -0.2) is 0 Å². The van der Waals surface area contributed by atoms with Crippen molar-refractivity contribution >= 4 is 0 Å². The lowest BCUT2D eigenvalue weighted by atomic mass is 9.88. The Hall–Kier alpha value is -1.45. The standard InChI is InChI=1S/C27H41NO2/c1-3-4-9-20(2)16-24(29)13-14-25-26-18-21(17-22(26)19-27(25)30)10-5-6-11-23-12-7-8-15-28-23/h7-8,12-15,17,20,22,24-27,29-30H,3-6,9-11,16,18-19H2,1-2H3/t20-,22-,24+,25+,26-,27+/m0/s1. The summed E-state index contributed by atoms with van der Waals surface area (Å²) < 4.78 is 0. The van der Waals surface area contributed by atoms with Gasteiger partial charge in [-0.2, -0.15) is 0 Å². The Morgan fingerprint density at radius 2 is 2.03 bits per heavy atom. The Bertz CT molecular complexity index is 683. The highest BCUT2D eigenvalue weighted by Crippen LogP contribution is 2.48. The summed E-state index contributed by atoms with van der Waals surface area (Å²) in [6.45, 7) is 4.44. The Morgan fingerprint density at radius 3 is 2.80 bits per heavy atom. The molecule has 3 nitrogen and oxygen atoms in total. The summed E-state index contributed by atoms with van der Waals surface area (Å²) in [6.07, 6.45) is 18.8. The van der Waals surface area contributed by atoms with Crippen molar-refractivity contribution in [2.75, 3.05) is 0 Å². The topological polar surface area (TPSA) is 53.4 Å². The van der Waals surface area contributed by atoms with E-state index < -0.39 is 0 Å². The smallest absolute Gasteiger partial charge is 0.0723 e. The molecular weight excluding hydrogens is 370 g/mol. The summed E-state index contributed by atoms with van der Waals surface area (Å²) in [5.74, 6) is 1.78. The summed E-state index contributed by atoms with van der Waals surface area (Å²) >= 11 is 0. The number of unbranched alkanes of at least 4 members (excludes halogenated alkanes) is 2. The van der Waals surface area contributed by atoms with Gasteiger partial charge >= 0.3 is 0 Å². The minimum Gasteiger partial charge on any atom is -0.392 e. The van der Waals surface area contributed by atoms with Crippen LogP contribution >= 0.6 is 0 Å². The fraction of sp³-hybridized carbons (Fsp3) is 0.667. The van der Waals surface area contributed by atoms with Crippen molar-refractivity contribution in [3.8, 4) is 0 Å². The molecule has 3 rings (SSSR count). The van der Waals surface area contributed by atoms with Gasteiger partial charge in [0.2, 0.25) is 0 Å². The van der Waals surface area contributed by atoms with Gasteiger partial charge < -0.3 is 10.2 Å². The minimum absolute atomic E-state index is 0.192. The number of hydrogen-bond acceptors (Lipinski definition) is 3. The molecule has 1 aromatic rings.